The average molecular weight is 368 g/mol. The second-order valence-electron chi connectivity index (χ2n) is 3.76. The van der Waals surface area contributed by atoms with Crippen molar-refractivity contribution in [2.75, 3.05) is 16.8 Å². The van der Waals surface area contributed by atoms with E-state index < -0.39 is 9.84 Å². The molecule has 1 aromatic rings. The number of benzene rings is 1. The molecule has 7 heteroatoms. The van der Waals surface area contributed by atoms with Gasteiger partial charge in [0.2, 0.25) is 0 Å². The maximum Gasteiger partial charge on any atom is 0.173 e. The molecule has 1 unspecified atom stereocenters. The van der Waals surface area contributed by atoms with E-state index in [-0.39, 0.29) is 17.6 Å². The lowest BCUT2D eigenvalue weighted by atomic mass is 10.2. The molecule has 4 nitrogen and oxygen atoms in total. The smallest absolute Gasteiger partial charge is 0.173 e. The minimum absolute atomic E-state index is 0.0277. The molecular weight excluding hydrogens is 358 g/mol. The summed E-state index contributed by atoms with van der Waals surface area (Å²) in [7, 11) is -3.13. The summed E-state index contributed by atoms with van der Waals surface area (Å²) in [5.41, 5.74) is 6.54. The monoisotopic (exact) mass is 368 g/mol. The third-order valence-corrected chi connectivity index (χ3v) is 4.59. The Morgan fingerprint density at radius 1 is 1.47 bits per heavy atom. The van der Waals surface area contributed by atoms with Crippen molar-refractivity contribution in [2.45, 2.75) is 6.04 Å². The van der Waals surface area contributed by atoms with Gasteiger partial charge in [-0.2, -0.15) is 0 Å². The Bertz CT molecular complexity index is 586. The highest BCUT2D eigenvalue weighted by atomic mass is 127. The Labute approximate surface area is 112 Å². The van der Waals surface area contributed by atoms with E-state index in [0.717, 1.165) is 5.41 Å². The summed E-state index contributed by atoms with van der Waals surface area (Å²) in [5, 5.41) is 4.06. The van der Waals surface area contributed by atoms with Crippen LogP contribution in [0.1, 0.15) is 0 Å². The van der Waals surface area contributed by atoms with Gasteiger partial charge in [0, 0.05) is 11.5 Å². The molecule has 92 valence electrons. The fourth-order valence-corrected chi connectivity index (χ4v) is 3.28. The van der Waals surface area contributed by atoms with Crippen molar-refractivity contribution < 1.29 is 12.8 Å². The van der Waals surface area contributed by atoms with Crippen molar-refractivity contribution >= 4 is 43.8 Å². The van der Waals surface area contributed by atoms with E-state index in [0.29, 0.717) is 14.9 Å². The Morgan fingerprint density at radius 3 is 2.76 bits per heavy atom. The minimum atomic E-state index is -3.13. The van der Waals surface area contributed by atoms with Crippen LogP contribution in [0, 0.1) is 9.39 Å². The van der Waals surface area contributed by atoms with Crippen molar-refractivity contribution in [1.29, 1.82) is 0 Å². The standard InChI is InChI=1S/C10H10FIN2O2S/c11-7-3-10(9(13)4-8(7)12)14-6-1-2-17(15,16)5-6/h1-4,6,14H,5,13H2. The lowest BCUT2D eigenvalue weighted by Crippen LogP contribution is -2.21. The van der Waals surface area contributed by atoms with Crippen LogP contribution in [0.15, 0.2) is 23.6 Å². The van der Waals surface area contributed by atoms with Crippen molar-refractivity contribution in [3.8, 4) is 0 Å². The van der Waals surface area contributed by atoms with Crippen LogP contribution in [-0.2, 0) is 9.84 Å². The van der Waals surface area contributed by atoms with E-state index in [9.17, 15) is 12.8 Å². The van der Waals surface area contributed by atoms with Crippen molar-refractivity contribution in [3.05, 3.63) is 33.0 Å². The van der Waals surface area contributed by atoms with Crippen LogP contribution in [0.3, 0.4) is 0 Å². The zero-order valence-corrected chi connectivity index (χ0v) is 11.6. The first-order chi connectivity index (χ1) is 7.87. The number of halogens is 2. The molecule has 0 bridgehead atoms. The molecule has 1 aromatic carbocycles. The van der Waals surface area contributed by atoms with Gasteiger partial charge in [-0.25, -0.2) is 12.8 Å². The van der Waals surface area contributed by atoms with Gasteiger partial charge >= 0.3 is 0 Å². The summed E-state index contributed by atoms with van der Waals surface area (Å²) >= 11 is 1.84. The fraction of sp³-hybridized carbons (Fsp3) is 0.200. The number of hydrogen-bond donors (Lipinski definition) is 2. The second kappa shape index (κ2) is 4.45. The number of rotatable bonds is 2. The number of sulfone groups is 1. The van der Waals surface area contributed by atoms with E-state index in [2.05, 4.69) is 5.32 Å². The summed E-state index contributed by atoms with van der Waals surface area (Å²) in [5.74, 6) is -0.410. The molecule has 0 spiro atoms. The molecule has 1 aliphatic heterocycles. The molecule has 2 rings (SSSR count). The van der Waals surface area contributed by atoms with Gasteiger partial charge in [0.1, 0.15) is 5.82 Å². The quantitative estimate of drug-likeness (QED) is 0.616. The molecule has 0 radical (unpaired) electrons. The molecule has 0 saturated carbocycles. The fourth-order valence-electron chi connectivity index (χ4n) is 1.55. The third-order valence-electron chi connectivity index (χ3n) is 2.36. The average Bonchev–Trinajstić information content (AvgIpc) is 2.54. The van der Waals surface area contributed by atoms with Crippen LogP contribution in [-0.4, -0.2) is 20.2 Å². The highest BCUT2D eigenvalue weighted by Gasteiger charge is 2.22. The molecule has 1 heterocycles. The highest BCUT2D eigenvalue weighted by molar-refractivity contribution is 14.1. The lowest BCUT2D eigenvalue weighted by molar-refractivity contribution is 0.605. The van der Waals surface area contributed by atoms with Gasteiger partial charge in [-0.1, -0.05) is 6.08 Å². The highest BCUT2D eigenvalue weighted by Crippen LogP contribution is 2.25. The van der Waals surface area contributed by atoms with Crippen LogP contribution in [0.5, 0.6) is 0 Å². The second-order valence-corrected chi connectivity index (χ2v) is 6.86. The topological polar surface area (TPSA) is 72.2 Å². The third kappa shape index (κ3) is 2.89. The predicted octanol–water partition coefficient (Wildman–Crippen LogP) is 1.74. The zero-order chi connectivity index (χ0) is 12.6. The van der Waals surface area contributed by atoms with Crippen molar-refractivity contribution in [3.63, 3.8) is 0 Å². The molecule has 0 fully saturated rings. The van der Waals surface area contributed by atoms with Gasteiger partial charge in [0.25, 0.3) is 0 Å². The Hall–Kier alpha value is -0.830. The molecule has 0 aliphatic carbocycles. The summed E-state index contributed by atoms with van der Waals surface area (Å²) in [6.07, 6.45) is 1.53. The normalized spacial score (nSPS) is 21.6. The van der Waals surface area contributed by atoms with Gasteiger partial charge in [-0.15, -0.1) is 0 Å². The minimum Gasteiger partial charge on any atom is -0.397 e. The van der Waals surface area contributed by atoms with E-state index in [1.54, 1.807) is 0 Å². The van der Waals surface area contributed by atoms with Crippen LogP contribution < -0.4 is 11.1 Å². The summed E-state index contributed by atoms with van der Waals surface area (Å²) in [4.78, 5) is 0. The van der Waals surface area contributed by atoms with Crippen LogP contribution >= 0.6 is 22.6 Å². The van der Waals surface area contributed by atoms with Gasteiger partial charge in [-0.05, 0) is 28.7 Å². The van der Waals surface area contributed by atoms with E-state index >= 15 is 0 Å². The first-order valence-corrected chi connectivity index (χ1v) is 7.59. The van der Waals surface area contributed by atoms with E-state index in [4.69, 9.17) is 5.73 Å². The molecule has 0 aromatic heterocycles. The molecule has 0 amide bonds. The molecule has 1 aliphatic rings. The number of nitrogens with two attached hydrogens (primary N) is 1. The zero-order valence-electron chi connectivity index (χ0n) is 8.65. The van der Waals surface area contributed by atoms with E-state index in [1.165, 1.54) is 18.2 Å². The number of nitrogen functional groups attached to an aromatic ring is 1. The summed E-state index contributed by atoms with van der Waals surface area (Å²) in [6.45, 7) is 0. The van der Waals surface area contributed by atoms with E-state index in [1.807, 2.05) is 22.6 Å². The first-order valence-electron chi connectivity index (χ1n) is 4.79. The molecular formula is C10H10FIN2O2S. The van der Waals surface area contributed by atoms with Gasteiger partial charge in [0.15, 0.2) is 9.84 Å². The predicted molar refractivity (Wildman–Crippen MR) is 73.9 cm³/mol. The summed E-state index contributed by atoms with van der Waals surface area (Å²) < 4.78 is 36.2. The van der Waals surface area contributed by atoms with Crippen molar-refractivity contribution in [2.24, 2.45) is 0 Å². The van der Waals surface area contributed by atoms with Crippen LogP contribution in [0.2, 0.25) is 0 Å². The van der Waals surface area contributed by atoms with Gasteiger partial charge in [0.05, 0.1) is 26.7 Å². The Balaban J connectivity index is 2.21. The van der Waals surface area contributed by atoms with Gasteiger partial charge in [-0.3, -0.25) is 0 Å². The molecule has 3 N–H and O–H groups in total. The maximum absolute atomic E-state index is 13.3. The van der Waals surface area contributed by atoms with Crippen LogP contribution in [0.4, 0.5) is 15.8 Å². The number of hydrogen-bond acceptors (Lipinski definition) is 4. The summed E-state index contributed by atoms with van der Waals surface area (Å²) in [6, 6.07) is 2.42. The molecule has 1 atom stereocenters. The largest absolute Gasteiger partial charge is 0.397 e. The molecule has 0 saturated heterocycles. The Kier molecular flexibility index (Phi) is 3.30. The Morgan fingerprint density at radius 2 is 2.18 bits per heavy atom. The maximum atomic E-state index is 13.3. The van der Waals surface area contributed by atoms with Gasteiger partial charge < -0.3 is 11.1 Å². The van der Waals surface area contributed by atoms with Crippen molar-refractivity contribution in [1.82, 2.24) is 0 Å². The number of anilines is 2. The SMILES string of the molecule is Nc1cc(I)c(F)cc1NC1C=CS(=O)(=O)C1. The number of nitrogens with one attached hydrogen (secondary N) is 1. The molecule has 17 heavy (non-hydrogen) atoms. The lowest BCUT2D eigenvalue weighted by Gasteiger charge is -2.14. The first kappa shape index (κ1) is 12.6. The van der Waals surface area contributed by atoms with Crippen LogP contribution in [0.25, 0.3) is 0 Å².